The van der Waals surface area contributed by atoms with Crippen LogP contribution in [0.4, 0.5) is 0 Å². The minimum atomic E-state index is -3.37. The summed E-state index contributed by atoms with van der Waals surface area (Å²) in [4.78, 5) is 4.65. The number of sulfonamides is 1. The van der Waals surface area contributed by atoms with E-state index in [0.29, 0.717) is 23.9 Å². The van der Waals surface area contributed by atoms with Crippen LogP contribution in [-0.2, 0) is 23.0 Å². The van der Waals surface area contributed by atoms with Crippen molar-refractivity contribution in [3.8, 4) is 0 Å². The van der Waals surface area contributed by atoms with E-state index < -0.39 is 10.0 Å². The van der Waals surface area contributed by atoms with Crippen LogP contribution < -0.4 is 0 Å². The highest BCUT2D eigenvalue weighted by Gasteiger charge is 2.29. The number of nitrogens with zero attached hydrogens (tertiary/aromatic N) is 3. The molecule has 0 unspecified atom stereocenters. The van der Waals surface area contributed by atoms with Gasteiger partial charge in [0.2, 0.25) is 10.0 Å². The van der Waals surface area contributed by atoms with E-state index in [2.05, 4.69) is 16.5 Å². The summed E-state index contributed by atoms with van der Waals surface area (Å²) in [6.45, 7) is 6.17. The van der Waals surface area contributed by atoms with Crippen molar-refractivity contribution in [1.82, 2.24) is 13.9 Å². The molecule has 1 fully saturated rings. The van der Waals surface area contributed by atoms with Gasteiger partial charge in [0.25, 0.3) is 0 Å². The van der Waals surface area contributed by atoms with Crippen molar-refractivity contribution in [3.05, 3.63) is 48.0 Å². The zero-order valence-electron chi connectivity index (χ0n) is 14.4. The number of imidazole rings is 1. The van der Waals surface area contributed by atoms with Gasteiger partial charge in [-0.25, -0.2) is 13.4 Å². The first-order valence-corrected chi connectivity index (χ1v) is 10.0. The van der Waals surface area contributed by atoms with E-state index in [-0.39, 0.29) is 0 Å². The fourth-order valence-corrected chi connectivity index (χ4v) is 4.72. The Morgan fingerprint density at radius 1 is 1.17 bits per heavy atom. The second-order valence-electron chi connectivity index (χ2n) is 6.47. The highest BCUT2D eigenvalue weighted by molar-refractivity contribution is 7.89. The summed E-state index contributed by atoms with van der Waals surface area (Å²) in [5.74, 6) is 1.52. The highest BCUT2D eigenvalue weighted by Crippen LogP contribution is 2.25. The maximum atomic E-state index is 12.8. The van der Waals surface area contributed by atoms with Crippen molar-refractivity contribution >= 4 is 10.0 Å². The van der Waals surface area contributed by atoms with E-state index in [1.165, 1.54) is 0 Å². The third-order valence-electron chi connectivity index (χ3n) is 4.92. The lowest BCUT2D eigenvalue weighted by molar-refractivity contribution is 0.252. The van der Waals surface area contributed by atoms with Gasteiger partial charge in [0.1, 0.15) is 5.82 Å². The second kappa shape index (κ2) is 7.07. The van der Waals surface area contributed by atoms with Gasteiger partial charge in [-0.3, -0.25) is 0 Å². The Morgan fingerprint density at radius 2 is 1.83 bits per heavy atom. The molecule has 0 saturated carbocycles. The molecule has 0 radical (unpaired) electrons. The third-order valence-corrected chi connectivity index (χ3v) is 6.83. The first-order chi connectivity index (χ1) is 11.5. The number of rotatable bonds is 5. The summed E-state index contributed by atoms with van der Waals surface area (Å²) in [5, 5.41) is 0. The molecule has 2 heterocycles. The van der Waals surface area contributed by atoms with Crippen molar-refractivity contribution in [3.63, 3.8) is 0 Å². The van der Waals surface area contributed by atoms with E-state index >= 15 is 0 Å². The molecule has 1 aromatic carbocycles. The fraction of sp³-hybridized carbons (Fsp3) is 0.500. The highest BCUT2D eigenvalue weighted by atomic mass is 32.2. The Labute approximate surface area is 144 Å². The van der Waals surface area contributed by atoms with E-state index in [4.69, 9.17) is 0 Å². The van der Waals surface area contributed by atoms with E-state index in [9.17, 15) is 8.42 Å². The Morgan fingerprint density at radius 3 is 2.38 bits per heavy atom. The summed E-state index contributed by atoms with van der Waals surface area (Å²) in [7, 11) is -3.37. The van der Waals surface area contributed by atoms with Crippen LogP contribution in [0.25, 0.3) is 0 Å². The molecule has 0 atom stereocenters. The molecule has 130 valence electrons. The lowest BCUT2D eigenvalue weighted by Crippen LogP contribution is -2.39. The molecule has 0 amide bonds. The van der Waals surface area contributed by atoms with Crippen LogP contribution in [0.1, 0.15) is 31.2 Å². The van der Waals surface area contributed by atoms with E-state index in [0.717, 1.165) is 37.2 Å². The molecule has 3 rings (SSSR count). The standard InChI is InChI=1S/C18H25N3O2S/c1-3-16-4-6-18(7-5-16)24(22,23)21-11-8-17(9-12-21)14-20-13-10-19-15(20)2/h4-7,10,13,17H,3,8-9,11-12,14H2,1-2H3. The maximum absolute atomic E-state index is 12.8. The van der Waals surface area contributed by atoms with Crippen molar-refractivity contribution < 1.29 is 8.42 Å². The zero-order valence-corrected chi connectivity index (χ0v) is 15.2. The van der Waals surface area contributed by atoms with Crippen molar-refractivity contribution in [2.45, 2.75) is 44.6 Å². The predicted molar refractivity (Wildman–Crippen MR) is 94.3 cm³/mol. The van der Waals surface area contributed by atoms with Gasteiger partial charge in [0.15, 0.2) is 0 Å². The molecule has 1 aliphatic heterocycles. The number of benzene rings is 1. The summed E-state index contributed by atoms with van der Waals surface area (Å²) in [6, 6.07) is 7.27. The number of aryl methyl sites for hydroxylation is 2. The maximum Gasteiger partial charge on any atom is 0.243 e. The summed E-state index contributed by atoms with van der Waals surface area (Å²) in [6.07, 6.45) is 6.51. The molecule has 0 bridgehead atoms. The minimum Gasteiger partial charge on any atom is -0.335 e. The van der Waals surface area contributed by atoms with Gasteiger partial charge in [-0.2, -0.15) is 4.31 Å². The van der Waals surface area contributed by atoms with Crippen LogP contribution in [0.3, 0.4) is 0 Å². The molecule has 5 nitrogen and oxygen atoms in total. The predicted octanol–water partition coefficient (Wildman–Crippen LogP) is 2.85. The average Bonchev–Trinajstić information content (AvgIpc) is 3.00. The SMILES string of the molecule is CCc1ccc(S(=O)(=O)N2CCC(Cn3ccnc3C)CC2)cc1. The number of hydrogen-bond acceptors (Lipinski definition) is 3. The van der Waals surface area contributed by atoms with Crippen LogP contribution >= 0.6 is 0 Å². The molecule has 1 aromatic heterocycles. The monoisotopic (exact) mass is 347 g/mol. The number of aromatic nitrogens is 2. The smallest absolute Gasteiger partial charge is 0.243 e. The van der Waals surface area contributed by atoms with Gasteiger partial charge in [-0.15, -0.1) is 0 Å². The van der Waals surface area contributed by atoms with Gasteiger partial charge in [0.05, 0.1) is 4.90 Å². The normalized spacial score (nSPS) is 17.2. The Kier molecular flexibility index (Phi) is 5.06. The van der Waals surface area contributed by atoms with Crippen LogP contribution in [0.15, 0.2) is 41.6 Å². The van der Waals surface area contributed by atoms with Gasteiger partial charge in [-0.1, -0.05) is 19.1 Å². The van der Waals surface area contributed by atoms with Gasteiger partial charge < -0.3 is 4.57 Å². The summed E-state index contributed by atoms with van der Waals surface area (Å²) < 4.78 is 29.3. The summed E-state index contributed by atoms with van der Waals surface area (Å²) >= 11 is 0. The summed E-state index contributed by atoms with van der Waals surface area (Å²) in [5.41, 5.74) is 1.16. The molecule has 24 heavy (non-hydrogen) atoms. The molecule has 1 aliphatic rings. The van der Waals surface area contributed by atoms with Crippen LogP contribution in [0.5, 0.6) is 0 Å². The first-order valence-electron chi connectivity index (χ1n) is 8.57. The van der Waals surface area contributed by atoms with Crippen LogP contribution in [0, 0.1) is 12.8 Å². The fourth-order valence-electron chi connectivity index (χ4n) is 3.25. The Balaban J connectivity index is 1.63. The quantitative estimate of drug-likeness (QED) is 0.836. The Hall–Kier alpha value is -1.66. The van der Waals surface area contributed by atoms with Crippen molar-refractivity contribution in [2.75, 3.05) is 13.1 Å². The largest absolute Gasteiger partial charge is 0.335 e. The van der Waals surface area contributed by atoms with Crippen LogP contribution in [0.2, 0.25) is 0 Å². The van der Waals surface area contributed by atoms with E-state index in [1.54, 1.807) is 16.4 Å². The van der Waals surface area contributed by atoms with Gasteiger partial charge in [0, 0.05) is 32.0 Å². The number of piperidine rings is 1. The second-order valence-corrected chi connectivity index (χ2v) is 8.41. The molecular weight excluding hydrogens is 322 g/mol. The molecule has 6 heteroatoms. The third kappa shape index (κ3) is 3.54. The van der Waals surface area contributed by atoms with Gasteiger partial charge in [-0.05, 0) is 49.8 Å². The molecule has 0 aliphatic carbocycles. The lowest BCUT2D eigenvalue weighted by Gasteiger charge is -2.31. The topological polar surface area (TPSA) is 55.2 Å². The molecule has 0 spiro atoms. The van der Waals surface area contributed by atoms with Crippen LogP contribution in [-0.4, -0.2) is 35.4 Å². The lowest BCUT2D eigenvalue weighted by atomic mass is 9.98. The minimum absolute atomic E-state index is 0.406. The van der Waals surface area contributed by atoms with Gasteiger partial charge >= 0.3 is 0 Å². The van der Waals surface area contributed by atoms with Crippen molar-refractivity contribution in [1.29, 1.82) is 0 Å². The molecule has 1 saturated heterocycles. The Bertz CT molecular complexity index is 773. The molecular formula is C18H25N3O2S. The van der Waals surface area contributed by atoms with Crippen molar-refractivity contribution in [2.24, 2.45) is 5.92 Å². The molecule has 2 aromatic rings. The first kappa shape index (κ1) is 17.2. The van der Waals surface area contributed by atoms with E-state index in [1.807, 2.05) is 31.5 Å². The molecule has 0 N–H and O–H groups in total. The zero-order chi connectivity index (χ0) is 17.2. The number of hydrogen-bond donors (Lipinski definition) is 0. The average molecular weight is 347 g/mol.